The number of aliphatic hydroxyl groups is 1. The summed E-state index contributed by atoms with van der Waals surface area (Å²) in [7, 11) is 1.65. The van der Waals surface area contributed by atoms with Gasteiger partial charge in [0.05, 0.1) is 6.10 Å². The number of benzene rings is 1. The van der Waals surface area contributed by atoms with Gasteiger partial charge in [-0.05, 0) is 24.5 Å². The van der Waals surface area contributed by atoms with Crippen molar-refractivity contribution in [1.29, 1.82) is 0 Å². The molecule has 3 N–H and O–H groups in total. The van der Waals surface area contributed by atoms with E-state index >= 15 is 0 Å². The molecule has 0 aliphatic heterocycles. The molecule has 0 heterocycles. The lowest BCUT2D eigenvalue weighted by atomic mass is 10.0. The third-order valence-corrected chi connectivity index (χ3v) is 3.21. The maximum Gasteiger partial charge on any atom is 0.0815 e. The number of rotatable bonds is 6. The zero-order valence-electron chi connectivity index (χ0n) is 9.40. The van der Waals surface area contributed by atoms with Crippen molar-refractivity contribution >= 4 is 15.9 Å². The van der Waals surface area contributed by atoms with Gasteiger partial charge in [0, 0.05) is 24.2 Å². The third-order valence-electron chi connectivity index (χ3n) is 2.48. The SMILES string of the molecule is COCCC(N)CC(O)c1ccccc1Br. The second kappa shape index (κ2) is 7.01. The molecule has 0 aliphatic carbocycles. The van der Waals surface area contributed by atoms with Gasteiger partial charge in [0.1, 0.15) is 0 Å². The predicted molar refractivity (Wildman–Crippen MR) is 68.2 cm³/mol. The summed E-state index contributed by atoms with van der Waals surface area (Å²) in [4.78, 5) is 0. The average molecular weight is 288 g/mol. The van der Waals surface area contributed by atoms with Crippen LogP contribution in [0.5, 0.6) is 0 Å². The van der Waals surface area contributed by atoms with Crippen LogP contribution in [0.2, 0.25) is 0 Å². The quantitative estimate of drug-likeness (QED) is 0.844. The summed E-state index contributed by atoms with van der Waals surface area (Å²) in [5.74, 6) is 0. The molecule has 16 heavy (non-hydrogen) atoms. The van der Waals surface area contributed by atoms with Gasteiger partial charge in [-0.1, -0.05) is 34.1 Å². The fourth-order valence-electron chi connectivity index (χ4n) is 1.55. The van der Waals surface area contributed by atoms with Gasteiger partial charge < -0.3 is 15.6 Å². The Hall–Kier alpha value is -0.420. The molecule has 90 valence electrons. The molecule has 0 radical (unpaired) electrons. The van der Waals surface area contributed by atoms with Gasteiger partial charge in [-0.3, -0.25) is 0 Å². The van der Waals surface area contributed by atoms with E-state index in [1.807, 2.05) is 24.3 Å². The molecule has 0 saturated carbocycles. The van der Waals surface area contributed by atoms with Gasteiger partial charge in [-0.25, -0.2) is 0 Å². The predicted octanol–water partition coefficient (Wildman–Crippen LogP) is 2.24. The Morgan fingerprint density at radius 2 is 2.12 bits per heavy atom. The fourth-order valence-corrected chi connectivity index (χ4v) is 2.10. The van der Waals surface area contributed by atoms with E-state index in [1.54, 1.807) is 7.11 Å². The van der Waals surface area contributed by atoms with E-state index in [0.717, 1.165) is 16.5 Å². The maximum atomic E-state index is 10.0. The van der Waals surface area contributed by atoms with Gasteiger partial charge in [0.25, 0.3) is 0 Å². The topological polar surface area (TPSA) is 55.5 Å². The maximum absolute atomic E-state index is 10.0. The Morgan fingerprint density at radius 1 is 1.44 bits per heavy atom. The van der Waals surface area contributed by atoms with Crippen LogP contribution in [0.4, 0.5) is 0 Å². The van der Waals surface area contributed by atoms with E-state index in [2.05, 4.69) is 15.9 Å². The zero-order chi connectivity index (χ0) is 12.0. The Kier molecular flexibility index (Phi) is 5.98. The number of aliphatic hydroxyl groups excluding tert-OH is 1. The van der Waals surface area contributed by atoms with Gasteiger partial charge in [0.2, 0.25) is 0 Å². The molecule has 0 amide bonds. The number of halogens is 1. The molecular formula is C12H18BrNO2. The van der Waals surface area contributed by atoms with E-state index in [4.69, 9.17) is 10.5 Å². The van der Waals surface area contributed by atoms with Crippen LogP contribution in [0.25, 0.3) is 0 Å². The van der Waals surface area contributed by atoms with Crippen LogP contribution in [-0.4, -0.2) is 24.9 Å². The molecule has 4 heteroatoms. The van der Waals surface area contributed by atoms with Gasteiger partial charge in [0.15, 0.2) is 0 Å². The van der Waals surface area contributed by atoms with E-state index < -0.39 is 6.10 Å². The first kappa shape index (κ1) is 13.6. The number of nitrogens with two attached hydrogens (primary N) is 1. The van der Waals surface area contributed by atoms with Crippen LogP contribution in [-0.2, 0) is 4.74 Å². The van der Waals surface area contributed by atoms with Crippen molar-refractivity contribution in [2.24, 2.45) is 5.73 Å². The second-order valence-corrected chi connectivity index (χ2v) is 4.67. The van der Waals surface area contributed by atoms with Crippen LogP contribution < -0.4 is 5.73 Å². The highest BCUT2D eigenvalue weighted by Crippen LogP contribution is 2.26. The van der Waals surface area contributed by atoms with Crippen molar-refractivity contribution in [1.82, 2.24) is 0 Å². The van der Waals surface area contributed by atoms with Crippen molar-refractivity contribution in [3.8, 4) is 0 Å². The summed E-state index contributed by atoms with van der Waals surface area (Å²) in [6.07, 6.45) is 0.784. The Morgan fingerprint density at radius 3 is 2.75 bits per heavy atom. The largest absolute Gasteiger partial charge is 0.388 e. The monoisotopic (exact) mass is 287 g/mol. The molecule has 1 aromatic carbocycles. The smallest absolute Gasteiger partial charge is 0.0815 e. The van der Waals surface area contributed by atoms with E-state index in [0.29, 0.717) is 13.0 Å². The zero-order valence-corrected chi connectivity index (χ0v) is 11.0. The lowest BCUT2D eigenvalue weighted by Crippen LogP contribution is -2.24. The highest BCUT2D eigenvalue weighted by molar-refractivity contribution is 9.10. The molecule has 3 nitrogen and oxygen atoms in total. The molecule has 0 spiro atoms. The first-order valence-corrected chi connectivity index (χ1v) is 6.11. The average Bonchev–Trinajstić information content (AvgIpc) is 2.26. The minimum absolute atomic E-state index is 0.0398. The molecule has 1 aromatic rings. The lowest BCUT2D eigenvalue weighted by Gasteiger charge is -2.17. The molecule has 1 rings (SSSR count). The van der Waals surface area contributed by atoms with Crippen molar-refractivity contribution in [2.75, 3.05) is 13.7 Å². The van der Waals surface area contributed by atoms with E-state index in [1.165, 1.54) is 0 Å². The van der Waals surface area contributed by atoms with Crippen molar-refractivity contribution in [3.05, 3.63) is 34.3 Å². The second-order valence-electron chi connectivity index (χ2n) is 3.81. The molecule has 0 saturated heterocycles. The van der Waals surface area contributed by atoms with Gasteiger partial charge in [-0.2, -0.15) is 0 Å². The van der Waals surface area contributed by atoms with Crippen LogP contribution in [0.15, 0.2) is 28.7 Å². The van der Waals surface area contributed by atoms with Crippen LogP contribution >= 0.6 is 15.9 Å². The van der Waals surface area contributed by atoms with E-state index in [9.17, 15) is 5.11 Å². The van der Waals surface area contributed by atoms with Crippen molar-refractivity contribution in [3.63, 3.8) is 0 Å². The van der Waals surface area contributed by atoms with Crippen molar-refractivity contribution < 1.29 is 9.84 Å². The summed E-state index contributed by atoms with van der Waals surface area (Å²) in [6, 6.07) is 7.61. The van der Waals surface area contributed by atoms with Crippen LogP contribution in [0.1, 0.15) is 24.5 Å². The highest BCUT2D eigenvalue weighted by atomic mass is 79.9. The Bertz CT molecular complexity index is 320. The van der Waals surface area contributed by atoms with Crippen molar-refractivity contribution in [2.45, 2.75) is 25.0 Å². The first-order chi connectivity index (χ1) is 7.65. The number of hydrogen-bond acceptors (Lipinski definition) is 3. The number of methoxy groups -OCH3 is 1. The number of ether oxygens (including phenoxy) is 1. The fraction of sp³-hybridized carbons (Fsp3) is 0.500. The minimum atomic E-state index is -0.526. The minimum Gasteiger partial charge on any atom is -0.388 e. The summed E-state index contributed by atoms with van der Waals surface area (Å²) in [5, 5.41) is 10.0. The molecule has 2 atom stereocenters. The highest BCUT2D eigenvalue weighted by Gasteiger charge is 2.14. The molecule has 2 unspecified atom stereocenters. The molecule has 0 bridgehead atoms. The van der Waals surface area contributed by atoms with E-state index in [-0.39, 0.29) is 6.04 Å². The lowest BCUT2D eigenvalue weighted by molar-refractivity contribution is 0.141. The first-order valence-electron chi connectivity index (χ1n) is 5.32. The van der Waals surface area contributed by atoms with Gasteiger partial charge >= 0.3 is 0 Å². The molecule has 0 fully saturated rings. The molecular weight excluding hydrogens is 270 g/mol. The summed E-state index contributed by atoms with van der Waals surface area (Å²) in [5.41, 5.74) is 6.78. The molecule has 0 aromatic heterocycles. The summed E-state index contributed by atoms with van der Waals surface area (Å²) >= 11 is 3.41. The summed E-state index contributed by atoms with van der Waals surface area (Å²) in [6.45, 7) is 0.629. The standard InChI is InChI=1S/C12H18BrNO2/c1-16-7-6-9(14)8-12(15)10-4-2-3-5-11(10)13/h2-5,9,12,15H,6-8,14H2,1H3. The molecule has 0 aliphatic rings. The van der Waals surface area contributed by atoms with Crippen LogP contribution in [0.3, 0.4) is 0 Å². The van der Waals surface area contributed by atoms with Gasteiger partial charge in [-0.15, -0.1) is 0 Å². The summed E-state index contributed by atoms with van der Waals surface area (Å²) < 4.78 is 5.87. The van der Waals surface area contributed by atoms with Crippen LogP contribution in [0, 0.1) is 0 Å². The normalized spacial score (nSPS) is 14.8. The number of hydrogen-bond donors (Lipinski definition) is 2. The third kappa shape index (κ3) is 4.22. The Balaban J connectivity index is 2.52. The Labute approximate surface area is 105 Å².